The summed E-state index contributed by atoms with van der Waals surface area (Å²) in [5.41, 5.74) is 3.90. The lowest BCUT2D eigenvalue weighted by Gasteiger charge is -2.19. The highest BCUT2D eigenvalue weighted by molar-refractivity contribution is 6.10. The van der Waals surface area contributed by atoms with Crippen LogP contribution in [0.3, 0.4) is 0 Å². The van der Waals surface area contributed by atoms with Gasteiger partial charge in [0.1, 0.15) is 5.75 Å². The van der Waals surface area contributed by atoms with Crippen molar-refractivity contribution in [2.75, 3.05) is 13.7 Å². The molecule has 0 saturated carbocycles. The third-order valence-corrected chi connectivity index (χ3v) is 3.72. The van der Waals surface area contributed by atoms with E-state index >= 15 is 0 Å². The molecule has 20 heavy (non-hydrogen) atoms. The van der Waals surface area contributed by atoms with Gasteiger partial charge >= 0.3 is 0 Å². The fourth-order valence-corrected chi connectivity index (χ4v) is 2.66. The van der Waals surface area contributed by atoms with Gasteiger partial charge in [-0.05, 0) is 36.2 Å². The van der Waals surface area contributed by atoms with Gasteiger partial charge in [0.15, 0.2) is 5.78 Å². The van der Waals surface area contributed by atoms with Crippen LogP contribution in [0, 0.1) is 0 Å². The van der Waals surface area contributed by atoms with E-state index in [1.54, 1.807) is 13.2 Å². The maximum absolute atomic E-state index is 12.7. The van der Waals surface area contributed by atoms with Crippen molar-refractivity contribution in [1.82, 2.24) is 5.32 Å². The standard InChI is InChI=1S/C17H17NO2/c1-20-14-6-2-4-12(10-14)17(19)16-7-3-5-13-11-18-9-8-15(13)16/h2-7,10,18H,8-9,11H2,1H3. The van der Waals surface area contributed by atoms with Crippen LogP contribution in [0.5, 0.6) is 5.75 Å². The number of benzene rings is 2. The van der Waals surface area contributed by atoms with Crippen molar-refractivity contribution in [2.24, 2.45) is 0 Å². The van der Waals surface area contributed by atoms with Crippen molar-refractivity contribution >= 4 is 5.78 Å². The summed E-state index contributed by atoms with van der Waals surface area (Å²) in [6.45, 7) is 1.77. The number of hydrogen-bond donors (Lipinski definition) is 1. The lowest BCUT2D eigenvalue weighted by molar-refractivity contribution is 0.103. The Hall–Kier alpha value is -2.13. The smallest absolute Gasteiger partial charge is 0.193 e. The third kappa shape index (κ3) is 2.32. The zero-order chi connectivity index (χ0) is 13.9. The average molecular weight is 267 g/mol. The van der Waals surface area contributed by atoms with Gasteiger partial charge in [0.05, 0.1) is 7.11 Å². The number of carbonyl (C=O) groups is 1. The summed E-state index contributed by atoms with van der Waals surface area (Å²) < 4.78 is 5.19. The summed E-state index contributed by atoms with van der Waals surface area (Å²) in [5.74, 6) is 0.782. The van der Waals surface area contributed by atoms with E-state index in [0.717, 1.165) is 25.1 Å². The van der Waals surface area contributed by atoms with E-state index in [9.17, 15) is 4.79 Å². The molecule has 0 bridgehead atoms. The molecule has 0 spiro atoms. The molecule has 0 saturated heterocycles. The lowest BCUT2D eigenvalue weighted by Crippen LogP contribution is -2.25. The number of ketones is 1. The summed E-state index contributed by atoms with van der Waals surface area (Å²) in [7, 11) is 1.61. The molecule has 0 fully saturated rings. The molecule has 0 radical (unpaired) electrons. The van der Waals surface area contributed by atoms with Crippen molar-refractivity contribution in [1.29, 1.82) is 0 Å². The normalized spacial score (nSPS) is 13.7. The average Bonchev–Trinajstić information content (AvgIpc) is 2.53. The minimum absolute atomic E-state index is 0.0719. The van der Waals surface area contributed by atoms with Crippen LogP contribution in [0.15, 0.2) is 42.5 Å². The maximum Gasteiger partial charge on any atom is 0.193 e. The zero-order valence-electron chi connectivity index (χ0n) is 11.5. The SMILES string of the molecule is COc1cccc(C(=O)c2cccc3c2CCNC3)c1. The van der Waals surface area contributed by atoms with Crippen molar-refractivity contribution in [3.63, 3.8) is 0 Å². The zero-order valence-corrected chi connectivity index (χ0v) is 11.5. The Bertz CT molecular complexity index is 649. The van der Waals surface area contributed by atoms with Crippen LogP contribution in [0.1, 0.15) is 27.0 Å². The molecule has 102 valence electrons. The van der Waals surface area contributed by atoms with Gasteiger partial charge in [-0.2, -0.15) is 0 Å². The first-order valence-corrected chi connectivity index (χ1v) is 6.80. The lowest BCUT2D eigenvalue weighted by atomic mass is 9.91. The predicted octanol–water partition coefficient (Wildman–Crippen LogP) is 2.57. The van der Waals surface area contributed by atoms with E-state index in [1.807, 2.05) is 30.3 Å². The molecule has 0 amide bonds. The summed E-state index contributed by atoms with van der Waals surface area (Å²) in [5, 5.41) is 3.33. The fourth-order valence-electron chi connectivity index (χ4n) is 2.66. The second-order valence-electron chi connectivity index (χ2n) is 4.93. The summed E-state index contributed by atoms with van der Waals surface area (Å²) >= 11 is 0. The van der Waals surface area contributed by atoms with E-state index in [1.165, 1.54) is 11.1 Å². The van der Waals surface area contributed by atoms with Gasteiger partial charge in [0.25, 0.3) is 0 Å². The van der Waals surface area contributed by atoms with Crippen LogP contribution >= 0.6 is 0 Å². The van der Waals surface area contributed by atoms with Crippen molar-refractivity contribution < 1.29 is 9.53 Å². The van der Waals surface area contributed by atoms with Gasteiger partial charge in [-0.1, -0.05) is 30.3 Å². The Morgan fingerprint density at radius 2 is 2.05 bits per heavy atom. The van der Waals surface area contributed by atoms with Crippen molar-refractivity contribution in [3.8, 4) is 5.75 Å². The summed E-state index contributed by atoms with van der Waals surface area (Å²) in [6.07, 6.45) is 0.904. The number of nitrogens with one attached hydrogen (secondary N) is 1. The molecule has 3 nitrogen and oxygen atoms in total. The molecule has 0 atom stereocenters. The Kier molecular flexibility index (Phi) is 3.52. The minimum Gasteiger partial charge on any atom is -0.497 e. The van der Waals surface area contributed by atoms with Crippen molar-refractivity contribution in [2.45, 2.75) is 13.0 Å². The van der Waals surface area contributed by atoms with Crippen LogP contribution in [0.25, 0.3) is 0 Å². The van der Waals surface area contributed by atoms with Crippen LogP contribution < -0.4 is 10.1 Å². The van der Waals surface area contributed by atoms with Gasteiger partial charge in [0, 0.05) is 17.7 Å². The van der Waals surface area contributed by atoms with Gasteiger partial charge < -0.3 is 10.1 Å². The van der Waals surface area contributed by atoms with E-state index < -0.39 is 0 Å². The topological polar surface area (TPSA) is 38.3 Å². The number of methoxy groups -OCH3 is 1. The van der Waals surface area contributed by atoms with Crippen molar-refractivity contribution in [3.05, 3.63) is 64.7 Å². The third-order valence-electron chi connectivity index (χ3n) is 3.72. The Labute approximate surface area is 118 Å². The van der Waals surface area contributed by atoms with Crippen LogP contribution in [-0.2, 0) is 13.0 Å². The molecular weight excluding hydrogens is 250 g/mol. The number of rotatable bonds is 3. The van der Waals surface area contributed by atoms with Gasteiger partial charge in [0.2, 0.25) is 0 Å². The van der Waals surface area contributed by atoms with Crippen LogP contribution in [0.4, 0.5) is 0 Å². The molecule has 0 aromatic heterocycles. The number of ether oxygens (including phenoxy) is 1. The number of hydrogen-bond acceptors (Lipinski definition) is 3. The van der Waals surface area contributed by atoms with E-state index in [0.29, 0.717) is 11.3 Å². The fraction of sp³-hybridized carbons (Fsp3) is 0.235. The Balaban J connectivity index is 2.02. The summed E-state index contributed by atoms with van der Waals surface area (Å²) in [6, 6.07) is 13.3. The number of fused-ring (bicyclic) bond motifs is 1. The van der Waals surface area contributed by atoms with Gasteiger partial charge in [-0.3, -0.25) is 4.79 Å². The van der Waals surface area contributed by atoms with E-state index in [-0.39, 0.29) is 5.78 Å². The first-order chi connectivity index (χ1) is 9.79. The highest BCUT2D eigenvalue weighted by atomic mass is 16.5. The molecule has 0 unspecified atom stereocenters. The second kappa shape index (κ2) is 5.47. The highest BCUT2D eigenvalue weighted by Gasteiger charge is 2.18. The molecule has 3 rings (SSSR count). The molecular formula is C17H17NO2. The van der Waals surface area contributed by atoms with E-state index in [4.69, 9.17) is 4.74 Å². The summed E-state index contributed by atoms with van der Waals surface area (Å²) in [4.78, 5) is 12.7. The van der Waals surface area contributed by atoms with Crippen LogP contribution in [-0.4, -0.2) is 19.4 Å². The quantitative estimate of drug-likeness (QED) is 0.869. The molecule has 2 aromatic rings. The second-order valence-corrected chi connectivity index (χ2v) is 4.93. The van der Waals surface area contributed by atoms with Gasteiger partial charge in [-0.15, -0.1) is 0 Å². The monoisotopic (exact) mass is 267 g/mol. The number of carbonyl (C=O) groups excluding carboxylic acids is 1. The largest absolute Gasteiger partial charge is 0.497 e. The molecule has 1 heterocycles. The Morgan fingerprint density at radius 3 is 2.90 bits per heavy atom. The Morgan fingerprint density at radius 1 is 1.20 bits per heavy atom. The predicted molar refractivity (Wildman–Crippen MR) is 78.3 cm³/mol. The van der Waals surface area contributed by atoms with Crippen LogP contribution in [0.2, 0.25) is 0 Å². The first-order valence-electron chi connectivity index (χ1n) is 6.80. The van der Waals surface area contributed by atoms with Gasteiger partial charge in [-0.25, -0.2) is 0 Å². The molecule has 0 aliphatic carbocycles. The first kappa shape index (κ1) is 12.9. The molecule has 1 aliphatic heterocycles. The molecule has 1 aliphatic rings. The molecule has 3 heteroatoms. The maximum atomic E-state index is 12.7. The minimum atomic E-state index is 0.0719. The molecule has 2 aromatic carbocycles. The van der Waals surface area contributed by atoms with E-state index in [2.05, 4.69) is 11.4 Å². The molecule has 1 N–H and O–H groups in total. The highest BCUT2D eigenvalue weighted by Crippen LogP contribution is 2.23.